The number of aromatic nitrogens is 1. The van der Waals surface area contributed by atoms with Gasteiger partial charge in [-0.15, -0.1) is 0 Å². The molecule has 0 aliphatic carbocycles. The molecule has 0 radical (unpaired) electrons. The number of pyridine rings is 1. The van der Waals surface area contributed by atoms with Crippen molar-refractivity contribution in [1.29, 1.82) is 5.26 Å². The van der Waals surface area contributed by atoms with E-state index in [1.54, 1.807) is 36.4 Å². The van der Waals surface area contributed by atoms with Gasteiger partial charge >= 0.3 is 5.97 Å². The summed E-state index contributed by atoms with van der Waals surface area (Å²) in [6.45, 7) is 0. The number of nitrogens with one attached hydrogen (secondary N) is 1. The Balaban J connectivity index is 2.18. The summed E-state index contributed by atoms with van der Waals surface area (Å²) >= 11 is 0. The summed E-state index contributed by atoms with van der Waals surface area (Å²) in [4.78, 5) is 15.5. The van der Waals surface area contributed by atoms with Crippen molar-refractivity contribution in [3.63, 3.8) is 0 Å². The van der Waals surface area contributed by atoms with E-state index < -0.39 is 5.97 Å². The first-order chi connectivity index (χ1) is 9.22. The van der Waals surface area contributed by atoms with Crippen molar-refractivity contribution in [2.75, 3.05) is 12.4 Å². The predicted molar refractivity (Wildman–Crippen MR) is 70.0 cm³/mol. The molecule has 5 heteroatoms. The first kappa shape index (κ1) is 12.6. The zero-order chi connectivity index (χ0) is 13.7. The Bertz CT molecular complexity index is 630. The topological polar surface area (TPSA) is 75.0 Å². The summed E-state index contributed by atoms with van der Waals surface area (Å²) < 4.78 is 4.64. The highest BCUT2D eigenvalue weighted by atomic mass is 16.5. The van der Waals surface area contributed by atoms with Gasteiger partial charge in [0.05, 0.1) is 24.3 Å². The average molecular weight is 253 g/mol. The molecular formula is C14H11N3O2. The fraction of sp³-hybridized carbons (Fsp3) is 0.0714. The monoisotopic (exact) mass is 253 g/mol. The molecule has 1 aromatic heterocycles. The second-order valence-corrected chi connectivity index (χ2v) is 3.74. The minimum Gasteiger partial charge on any atom is -0.465 e. The van der Waals surface area contributed by atoms with Crippen molar-refractivity contribution in [3.05, 3.63) is 53.7 Å². The zero-order valence-electron chi connectivity index (χ0n) is 10.3. The average Bonchev–Trinajstić information content (AvgIpc) is 2.47. The fourth-order valence-corrected chi connectivity index (χ4v) is 1.52. The van der Waals surface area contributed by atoms with E-state index in [1.165, 1.54) is 13.3 Å². The predicted octanol–water partition coefficient (Wildman–Crippen LogP) is 2.48. The van der Waals surface area contributed by atoms with E-state index in [9.17, 15) is 4.79 Å². The molecule has 0 spiro atoms. The third-order valence-electron chi connectivity index (χ3n) is 2.47. The second-order valence-electron chi connectivity index (χ2n) is 3.74. The van der Waals surface area contributed by atoms with Gasteiger partial charge in [0.25, 0.3) is 0 Å². The summed E-state index contributed by atoms with van der Waals surface area (Å²) in [5.41, 5.74) is 1.80. The number of benzene rings is 1. The van der Waals surface area contributed by atoms with Gasteiger partial charge < -0.3 is 10.1 Å². The minimum atomic E-state index is -0.412. The van der Waals surface area contributed by atoms with Crippen molar-refractivity contribution < 1.29 is 9.53 Å². The minimum absolute atomic E-state index is 0.412. The Kier molecular flexibility index (Phi) is 3.74. The number of methoxy groups -OCH3 is 1. The smallest absolute Gasteiger partial charge is 0.338 e. The van der Waals surface area contributed by atoms with Crippen LogP contribution >= 0.6 is 0 Å². The lowest BCUT2D eigenvalue weighted by atomic mass is 10.2. The SMILES string of the molecule is COC(=O)c1ccnc(Nc2ccc(C#N)cc2)c1. The normalized spacial score (nSPS) is 9.47. The highest BCUT2D eigenvalue weighted by Crippen LogP contribution is 2.16. The van der Waals surface area contributed by atoms with Crippen molar-refractivity contribution in [2.24, 2.45) is 0 Å². The Morgan fingerprint density at radius 1 is 1.32 bits per heavy atom. The van der Waals surface area contributed by atoms with Crippen molar-refractivity contribution in [1.82, 2.24) is 4.98 Å². The van der Waals surface area contributed by atoms with Crippen LogP contribution in [0.15, 0.2) is 42.6 Å². The van der Waals surface area contributed by atoms with Gasteiger partial charge in [0.1, 0.15) is 5.82 Å². The zero-order valence-corrected chi connectivity index (χ0v) is 10.3. The van der Waals surface area contributed by atoms with E-state index in [2.05, 4.69) is 15.0 Å². The Labute approximate surface area is 110 Å². The summed E-state index contributed by atoms with van der Waals surface area (Å²) in [7, 11) is 1.33. The number of esters is 1. The maximum Gasteiger partial charge on any atom is 0.338 e. The second kappa shape index (κ2) is 5.65. The number of anilines is 2. The number of nitriles is 1. The van der Waals surface area contributed by atoms with Crippen LogP contribution in [-0.2, 0) is 4.74 Å². The van der Waals surface area contributed by atoms with Crippen LogP contribution in [0.3, 0.4) is 0 Å². The third-order valence-corrected chi connectivity index (χ3v) is 2.47. The molecule has 0 saturated heterocycles. The van der Waals surface area contributed by atoms with Gasteiger partial charge in [0.2, 0.25) is 0 Å². The Morgan fingerprint density at radius 3 is 2.68 bits per heavy atom. The molecule has 0 bridgehead atoms. The van der Waals surface area contributed by atoms with Gasteiger partial charge in [-0.25, -0.2) is 9.78 Å². The molecule has 1 N–H and O–H groups in total. The van der Waals surface area contributed by atoms with Crippen LogP contribution < -0.4 is 5.32 Å². The lowest BCUT2D eigenvalue weighted by Gasteiger charge is -2.06. The van der Waals surface area contributed by atoms with Gasteiger partial charge in [0, 0.05) is 11.9 Å². The van der Waals surface area contributed by atoms with Crippen molar-refractivity contribution >= 4 is 17.5 Å². The van der Waals surface area contributed by atoms with Crippen molar-refractivity contribution in [3.8, 4) is 6.07 Å². The number of nitrogens with zero attached hydrogens (tertiary/aromatic N) is 2. The molecule has 0 aliphatic heterocycles. The summed E-state index contributed by atoms with van der Waals surface area (Å²) in [6.07, 6.45) is 1.53. The van der Waals surface area contributed by atoms with E-state index in [4.69, 9.17) is 5.26 Å². The number of hydrogen-bond acceptors (Lipinski definition) is 5. The van der Waals surface area contributed by atoms with Crippen LogP contribution in [0.2, 0.25) is 0 Å². The number of rotatable bonds is 3. The van der Waals surface area contributed by atoms with E-state index in [1.807, 2.05) is 6.07 Å². The van der Waals surface area contributed by atoms with E-state index >= 15 is 0 Å². The highest BCUT2D eigenvalue weighted by molar-refractivity contribution is 5.90. The van der Waals surface area contributed by atoms with Gasteiger partial charge in [-0.1, -0.05) is 0 Å². The quantitative estimate of drug-likeness (QED) is 0.850. The molecule has 1 aromatic carbocycles. The Morgan fingerprint density at radius 2 is 2.05 bits per heavy atom. The van der Waals surface area contributed by atoms with Crippen LogP contribution in [0.4, 0.5) is 11.5 Å². The lowest BCUT2D eigenvalue weighted by molar-refractivity contribution is 0.0600. The van der Waals surface area contributed by atoms with Gasteiger partial charge in [-0.2, -0.15) is 5.26 Å². The lowest BCUT2D eigenvalue weighted by Crippen LogP contribution is -2.03. The molecule has 0 unspecified atom stereocenters. The molecule has 0 aliphatic rings. The molecule has 0 atom stereocenters. The molecule has 94 valence electrons. The van der Waals surface area contributed by atoms with Crippen LogP contribution in [0.25, 0.3) is 0 Å². The number of carbonyl (C=O) groups excluding carboxylic acids is 1. The molecule has 2 rings (SSSR count). The van der Waals surface area contributed by atoms with E-state index in [0.29, 0.717) is 16.9 Å². The summed E-state index contributed by atoms with van der Waals surface area (Å²) in [6, 6.07) is 12.2. The molecule has 2 aromatic rings. The van der Waals surface area contributed by atoms with Gasteiger partial charge in [-0.3, -0.25) is 0 Å². The first-order valence-electron chi connectivity index (χ1n) is 5.54. The highest BCUT2D eigenvalue weighted by Gasteiger charge is 2.06. The number of carbonyl (C=O) groups is 1. The third kappa shape index (κ3) is 3.07. The maximum atomic E-state index is 11.4. The standard InChI is InChI=1S/C14H11N3O2/c1-19-14(18)11-6-7-16-13(8-11)17-12-4-2-10(9-15)3-5-12/h2-8H,1H3,(H,16,17). The summed E-state index contributed by atoms with van der Waals surface area (Å²) in [5, 5.41) is 11.8. The molecular weight excluding hydrogens is 242 g/mol. The van der Waals surface area contributed by atoms with Crippen LogP contribution in [0.1, 0.15) is 15.9 Å². The first-order valence-corrected chi connectivity index (χ1v) is 5.54. The largest absolute Gasteiger partial charge is 0.465 e. The van der Waals surface area contributed by atoms with E-state index in [-0.39, 0.29) is 0 Å². The summed E-state index contributed by atoms with van der Waals surface area (Å²) in [5.74, 6) is 0.123. The number of ether oxygens (including phenoxy) is 1. The van der Waals surface area contributed by atoms with Gasteiger partial charge in [0.15, 0.2) is 0 Å². The Hall–Kier alpha value is -2.87. The molecule has 0 fully saturated rings. The maximum absolute atomic E-state index is 11.4. The van der Waals surface area contributed by atoms with Crippen LogP contribution in [-0.4, -0.2) is 18.1 Å². The van der Waals surface area contributed by atoms with Crippen molar-refractivity contribution in [2.45, 2.75) is 0 Å². The molecule has 5 nitrogen and oxygen atoms in total. The number of hydrogen-bond donors (Lipinski definition) is 1. The fourth-order valence-electron chi connectivity index (χ4n) is 1.52. The molecule has 19 heavy (non-hydrogen) atoms. The van der Waals surface area contributed by atoms with E-state index in [0.717, 1.165) is 5.69 Å². The molecule has 0 amide bonds. The van der Waals surface area contributed by atoms with Crippen LogP contribution in [0, 0.1) is 11.3 Å². The molecule has 1 heterocycles. The van der Waals surface area contributed by atoms with Crippen LogP contribution in [0.5, 0.6) is 0 Å². The van der Waals surface area contributed by atoms with Gasteiger partial charge in [-0.05, 0) is 36.4 Å². The molecule has 0 saturated carbocycles.